The molecule has 2 aromatic rings. The van der Waals surface area contributed by atoms with Crippen molar-refractivity contribution in [1.29, 1.82) is 0 Å². The second-order valence-electron chi connectivity index (χ2n) is 5.29. The van der Waals surface area contributed by atoms with Gasteiger partial charge in [0.15, 0.2) is 5.78 Å². The maximum atomic E-state index is 12.5. The molecule has 0 aromatic heterocycles. The highest BCUT2D eigenvalue weighted by atomic mass is 35.5. The average molecular weight is 320 g/mol. The van der Waals surface area contributed by atoms with Crippen LogP contribution in [-0.4, -0.2) is 23.8 Å². The van der Waals surface area contributed by atoms with Crippen LogP contribution in [0.4, 0.5) is 0 Å². The number of nitrogens with zero attached hydrogens (tertiary/aromatic N) is 1. The molecule has 1 fully saturated rings. The molecule has 0 bridgehead atoms. The Bertz CT molecular complexity index is 680. The highest BCUT2D eigenvalue weighted by Gasteiger charge is 2.15. The van der Waals surface area contributed by atoms with Crippen molar-refractivity contribution in [3.63, 3.8) is 0 Å². The SMILES string of the molecule is O=C(c1cccc(CN2CCC2)c1)c1ccc(Cl)c(Cl)c1. The summed E-state index contributed by atoms with van der Waals surface area (Å²) in [6, 6.07) is 12.8. The molecule has 108 valence electrons. The number of ketones is 1. The number of carbonyl (C=O) groups is 1. The van der Waals surface area contributed by atoms with E-state index in [-0.39, 0.29) is 5.78 Å². The first-order chi connectivity index (χ1) is 10.1. The fourth-order valence-electron chi connectivity index (χ4n) is 2.41. The van der Waals surface area contributed by atoms with Gasteiger partial charge in [-0.05, 0) is 49.3 Å². The molecule has 1 heterocycles. The Kier molecular flexibility index (Phi) is 4.29. The zero-order chi connectivity index (χ0) is 14.8. The predicted octanol–water partition coefficient (Wildman–Crippen LogP) is 4.43. The Morgan fingerprint density at radius 3 is 2.43 bits per heavy atom. The molecule has 21 heavy (non-hydrogen) atoms. The van der Waals surface area contributed by atoms with Crippen molar-refractivity contribution in [2.45, 2.75) is 13.0 Å². The van der Waals surface area contributed by atoms with Crippen LogP contribution in [-0.2, 0) is 6.54 Å². The minimum Gasteiger partial charge on any atom is -0.299 e. The Morgan fingerprint density at radius 1 is 1.00 bits per heavy atom. The predicted molar refractivity (Wildman–Crippen MR) is 86.2 cm³/mol. The van der Waals surface area contributed by atoms with Gasteiger partial charge in [0, 0.05) is 17.7 Å². The largest absolute Gasteiger partial charge is 0.299 e. The van der Waals surface area contributed by atoms with Crippen LogP contribution in [0, 0.1) is 0 Å². The summed E-state index contributed by atoms with van der Waals surface area (Å²) < 4.78 is 0. The average Bonchev–Trinajstić information content (AvgIpc) is 2.45. The third-order valence-electron chi connectivity index (χ3n) is 3.73. The van der Waals surface area contributed by atoms with Gasteiger partial charge in [0.1, 0.15) is 0 Å². The monoisotopic (exact) mass is 319 g/mol. The third kappa shape index (κ3) is 3.29. The van der Waals surface area contributed by atoms with Crippen molar-refractivity contribution in [2.24, 2.45) is 0 Å². The summed E-state index contributed by atoms with van der Waals surface area (Å²) in [5, 5.41) is 0.860. The molecule has 2 nitrogen and oxygen atoms in total. The smallest absolute Gasteiger partial charge is 0.193 e. The molecule has 0 aliphatic carbocycles. The number of carbonyl (C=O) groups excluding carboxylic acids is 1. The maximum Gasteiger partial charge on any atom is 0.193 e. The van der Waals surface area contributed by atoms with Crippen LogP contribution >= 0.6 is 23.2 Å². The molecule has 0 spiro atoms. The Hall–Kier alpha value is -1.35. The first-order valence-corrected chi connectivity index (χ1v) is 7.70. The highest BCUT2D eigenvalue weighted by molar-refractivity contribution is 6.42. The van der Waals surface area contributed by atoms with Gasteiger partial charge in [0.2, 0.25) is 0 Å². The summed E-state index contributed by atoms with van der Waals surface area (Å²) >= 11 is 11.9. The second-order valence-corrected chi connectivity index (χ2v) is 6.10. The van der Waals surface area contributed by atoms with Gasteiger partial charge in [0.05, 0.1) is 10.0 Å². The van der Waals surface area contributed by atoms with Crippen molar-refractivity contribution < 1.29 is 4.79 Å². The van der Waals surface area contributed by atoms with E-state index in [1.165, 1.54) is 12.0 Å². The first-order valence-electron chi connectivity index (χ1n) is 6.94. The topological polar surface area (TPSA) is 20.3 Å². The summed E-state index contributed by atoms with van der Waals surface area (Å²) in [6.45, 7) is 3.19. The molecule has 0 amide bonds. The first kappa shape index (κ1) is 14.6. The van der Waals surface area contributed by atoms with Gasteiger partial charge in [-0.25, -0.2) is 0 Å². The summed E-state index contributed by atoms with van der Waals surface area (Å²) in [6.07, 6.45) is 1.27. The van der Waals surface area contributed by atoms with Crippen molar-refractivity contribution in [2.75, 3.05) is 13.1 Å². The zero-order valence-electron chi connectivity index (χ0n) is 11.5. The van der Waals surface area contributed by atoms with Gasteiger partial charge in [-0.1, -0.05) is 41.4 Å². The molecule has 1 aliphatic rings. The van der Waals surface area contributed by atoms with E-state index in [2.05, 4.69) is 11.0 Å². The van der Waals surface area contributed by atoms with Crippen molar-refractivity contribution in [1.82, 2.24) is 4.90 Å². The summed E-state index contributed by atoms with van der Waals surface area (Å²) in [4.78, 5) is 14.9. The van der Waals surface area contributed by atoms with E-state index in [0.717, 1.165) is 19.6 Å². The number of likely N-dealkylation sites (tertiary alicyclic amines) is 1. The number of rotatable bonds is 4. The minimum absolute atomic E-state index is 0.0287. The summed E-state index contributed by atoms with van der Waals surface area (Å²) in [7, 11) is 0. The molecule has 0 radical (unpaired) electrons. The molecule has 0 saturated carbocycles. The van der Waals surface area contributed by atoms with Crippen LogP contribution in [0.15, 0.2) is 42.5 Å². The van der Waals surface area contributed by atoms with Gasteiger partial charge in [-0.15, -0.1) is 0 Å². The van der Waals surface area contributed by atoms with Gasteiger partial charge in [-0.3, -0.25) is 9.69 Å². The molecule has 3 rings (SSSR count). The van der Waals surface area contributed by atoms with Crippen LogP contribution < -0.4 is 0 Å². The van der Waals surface area contributed by atoms with E-state index in [1.807, 2.05) is 18.2 Å². The van der Waals surface area contributed by atoms with Gasteiger partial charge < -0.3 is 0 Å². The lowest BCUT2D eigenvalue weighted by Gasteiger charge is -2.30. The lowest BCUT2D eigenvalue weighted by atomic mass is 10.0. The zero-order valence-corrected chi connectivity index (χ0v) is 13.0. The van der Waals surface area contributed by atoms with Gasteiger partial charge in [-0.2, -0.15) is 0 Å². The summed E-state index contributed by atoms with van der Waals surface area (Å²) in [5.74, 6) is -0.0287. The van der Waals surface area contributed by atoms with Crippen LogP contribution in [0.2, 0.25) is 10.0 Å². The van der Waals surface area contributed by atoms with E-state index in [4.69, 9.17) is 23.2 Å². The molecule has 0 unspecified atom stereocenters. The van der Waals surface area contributed by atoms with Crippen LogP contribution in [0.3, 0.4) is 0 Å². The number of hydrogen-bond acceptors (Lipinski definition) is 2. The molecule has 1 saturated heterocycles. The van der Waals surface area contributed by atoms with E-state index >= 15 is 0 Å². The standard InChI is InChI=1S/C17H15Cl2NO/c18-15-6-5-14(10-16(15)19)17(21)13-4-1-3-12(9-13)11-20-7-2-8-20/h1,3-6,9-10H,2,7-8,11H2. The normalized spacial score (nSPS) is 14.8. The Morgan fingerprint density at radius 2 is 1.76 bits per heavy atom. The number of hydrogen-bond donors (Lipinski definition) is 0. The van der Waals surface area contributed by atoms with Crippen LogP contribution in [0.25, 0.3) is 0 Å². The molecule has 2 aromatic carbocycles. The van der Waals surface area contributed by atoms with Crippen molar-refractivity contribution in [3.8, 4) is 0 Å². The fourth-order valence-corrected chi connectivity index (χ4v) is 2.71. The molecular formula is C17H15Cl2NO. The van der Waals surface area contributed by atoms with E-state index < -0.39 is 0 Å². The number of benzene rings is 2. The lowest BCUT2D eigenvalue weighted by molar-refractivity contribution is 0.103. The van der Waals surface area contributed by atoms with Crippen molar-refractivity contribution in [3.05, 3.63) is 69.2 Å². The van der Waals surface area contributed by atoms with E-state index in [0.29, 0.717) is 21.2 Å². The minimum atomic E-state index is -0.0287. The molecule has 4 heteroatoms. The lowest BCUT2D eigenvalue weighted by Crippen LogP contribution is -2.36. The van der Waals surface area contributed by atoms with Crippen LogP contribution in [0.1, 0.15) is 27.9 Å². The van der Waals surface area contributed by atoms with Crippen LogP contribution in [0.5, 0.6) is 0 Å². The maximum absolute atomic E-state index is 12.5. The van der Waals surface area contributed by atoms with Gasteiger partial charge in [0.25, 0.3) is 0 Å². The summed E-state index contributed by atoms with van der Waals surface area (Å²) in [5.41, 5.74) is 2.41. The second kappa shape index (κ2) is 6.18. The molecule has 0 N–H and O–H groups in total. The quantitative estimate of drug-likeness (QED) is 0.777. The Labute approximate surface area is 134 Å². The highest BCUT2D eigenvalue weighted by Crippen LogP contribution is 2.24. The fraction of sp³-hybridized carbons (Fsp3) is 0.235. The van der Waals surface area contributed by atoms with Gasteiger partial charge >= 0.3 is 0 Å². The van der Waals surface area contributed by atoms with E-state index in [9.17, 15) is 4.79 Å². The molecule has 1 aliphatic heterocycles. The number of halogens is 2. The van der Waals surface area contributed by atoms with Crippen molar-refractivity contribution >= 4 is 29.0 Å². The molecular weight excluding hydrogens is 305 g/mol. The third-order valence-corrected chi connectivity index (χ3v) is 4.46. The van der Waals surface area contributed by atoms with E-state index in [1.54, 1.807) is 18.2 Å². The molecule has 0 atom stereocenters. The Balaban J connectivity index is 1.83.